The van der Waals surface area contributed by atoms with Crippen molar-refractivity contribution in [2.24, 2.45) is 0 Å². The molecule has 6 nitrogen and oxygen atoms in total. The maximum atomic E-state index is 12.4. The van der Waals surface area contributed by atoms with Gasteiger partial charge in [-0.25, -0.2) is 0 Å². The fourth-order valence-corrected chi connectivity index (χ4v) is 3.27. The van der Waals surface area contributed by atoms with E-state index in [0.717, 1.165) is 45.6 Å². The topological polar surface area (TPSA) is 46.4 Å². The second-order valence-electron chi connectivity index (χ2n) is 6.37. The van der Waals surface area contributed by atoms with Crippen molar-refractivity contribution in [1.29, 1.82) is 0 Å². The predicted octanol–water partition coefficient (Wildman–Crippen LogP) is 0.341. The molecular formula is C17H27N4O2P. The van der Waals surface area contributed by atoms with Crippen molar-refractivity contribution in [3.05, 3.63) is 23.2 Å². The Bertz CT molecular complexity index is 580. The number of carbonyl (C=O) groups excluding carboxylic acids is 2. The van der Waals surface area contributed by atoms with E-state index >= 15 is 0 Å². The molecule has 0 spiro atoms. The van der Waals surface area contributed by atoms with Gasteiger partial charge in [0.05, 0.1) is 5.70 Å². The number of allylic oxidation sites excluding steroid dienone is 1. The van der Waals surface area contributed by atoms with Gasteiger partial charge in [-0.2, -0.15) is 0 Å². The molecular weight excluding hydrogens is 323 g/mol. The molecule has 0 saturated carbocycles. The van der Waals surface area contributed by atoms with Crippen LogP contribution in [0.1, 0.15) is 13.8 Å². The number of carbonyl (C=O) groups is 2. The molecule has 0 aromatic carbocycles. The fourth-order valence-electron chi connectivity index (χ4n) is 2.76. The lowest BCUT2D eigenvalue weighted by Gasteiger charge is -2.21. The highest BCUT2D eigenvalue weighted by molar-refractivity contribution is 7.16. The standard InChI is InChI=1S/C12H13N3O2.C5H14NP/c16-9-7-8(13-1-2-13)12(17)11(15-5-6-15)10(9)14-3-4-14;1-3-6(4-2)5-7/h7H,1-6H2;3-5,7H2,1-2H3. The van der Waals surface area contributed by atoms with E-state index in [4.69, 9.17) is 0 Å². The molecule has 1 aliphatic carbocycles. The van der Waals surface area contributed by atoms with Crippen molar-refractivity contribution in [3.8, 4) is 0 Å². The van der Waals surface area contributed by atoms with Gasteiger partial charge in [0.2, 0.25) is 11.6 Å². The van der Waals surface area contributed by atoms with Crippen molar-refractivity contribution in [1.82, 2.24) is 19.6 Å². The monoisotopic (exact) mass is 350 g/mol. The molecule has 0 N–H and O–H groups in total. The Hall–Kier alpha value is -1.39. The zero-order valence-electron chi connectivity index (χ0n) is 14.6. The van der Waals surface area contributed by atoms with Crippen LogP contribution >= 0.6 is 9.24 Å². The molecule has 3 aliphatic heterocycles. The predicted molar refractivity (Wildman–Crippen MR) is 97.3 cm³/mol. The molecule has 0 aromatic heterocycles. The largest absolute Gasteiger partial charge is 0.365 e. The Morgan fingerprint density at radius 1 is 0.917 bits per heavy atom. The molecule has 0 amide bonds. The van der Waals surface area contributed by atoms with Crippen molar-refractivity contribution >= 4 is 20.8 Å². The Labute approximate surface area is 146 Å². The third-order valence-corrected chi connectivity index (χ3v) is 5.16. The third-order valence-electron chi connectivity index (χ3n) is 4.64. The summed E-state index contributed by atoms with van der Waals surface area (Å²) >= 11 is 0. The van der Waals surface area contributed by atoms with E-state index in [1.54, 1.807) is 0 Å². The Morgan fingerprint density at radius 2 is 1.42 bits per heavy atom. The maximum Gasteiger partial charge on any atom is 0.227 e. The first-order chi connectivity index (χ1) is 11.6. The molecule has 3 fully saturated rings. The second-order valence-corrected chi connectivity index (χ2v) is 6.73. The summed E-state index contributed by atoms with van der Waals surface area (Å²) in [7, 11) is 2.71. The summed E-state index contributed by atoms with van der Waals surface area (Å²) in [5.41, 5.74) is 1.89. The minimum Gasteiger partial charge on any atom is -0.365 e. The first kappa shape index (κ1) is 17.4. The Kier molecular flexibility index (Phi) is 5.26. The van der Waals surface area contributed by atoms with Gasteiger partial charge in [-0.3, -0.25) is 9.59 Å². The highest BCUT2D eigenvalue weighted by Crippen LogP contribution is 2.33. The van der Waals surface area contributed by atoms with Crippen molar-refractivity contribution in [2.45, 2.75) is 13.8 Å². The van der Waals surface area contributed by atoms with Gasteiger partial charge in [0.25, 0.3) is 0 Å². The highest BCUT2D eigenvalue weighted by atomic mass is 31.0. The zero-order valence-corrected chi connectivity index (χ0v) is 15.8. The normalized spacial score (nSPS) is 21.8. The van der Waals surface area contributed by atoms with Crippen LogP contribution in [-0.4, -0.2) is 89.8 Å². The summed E-state index contributed by atoms with van der Waals surface area (Å²) in [5, 5.41) is 0. The highest BCUT2D eigenvalue weighted by Gasteiger charge is 2.43. The molecule has 3 heterocycles. The van der Waals surface area contributed by atoms with Crippen LogP contribution in [0.3, 0.4) is 0 Å². The van der Waals surface area contributed by atoms with Crippen LogP contribution in [0.15, 0.2) is 23.2 Å². The van der Waals surface area contributed by atoms with Crippen LogP contribution in [0, 0.1) is 0 Å². The van der Waals surface area contributed by atoms with Crippen molar-refractivity contribution in [2.75, 3.05) is 58.6 Å². The summed E-state index contributed by atoms with van der Waals surface area (Å²) < 4.78 is 0. The lowest BCUT2D eigenvalue weighted by atomic mass is 10.0. The molecule has 0 radical (unpaired) electrons. The second kappa shape index (κ2) is 7.24. The van der Waals surface area contributed by atoms with Crippen LogP contribution in [0.25, 0.3) is 0 Å². The van der Waals surface area contributed by atoms with E-state index < -0.39 is 0 Å². The minimum absolute atomic E-state index is 0.00546. The Balaban J connectivity index is 0.000000209. The molecule has 3 saturated heterocycles. The first-order valence-corrected chi connectivity index (χ1v) is 9.64. The maximum absolute atomic E-state index is 12.4. The summed E-state index contributed by atoms with van der Waals surface area (Å²) in [6.07, 6.45) is 2.63. The minimum atomic E-state index is 0.00546. The first-order valence-electron chi connectivity index (χ1n) is 8.82. The number of rotatable bonds is 6. The summed E-state index contributed by atoms with van der Waals surface area (Å²) in [6, 6.07) is 0. The van der Waals surface area contributed by atoms with Gasteiger partial charge in [0.1, 0.15) is 11.4 Å². The summed E-state index contributed by atoms with van der Waals surface area (Å²) in [5.74, 6) is 0.0485. The molecule has 4 aliphatic rings. The zero-order chi connectivity index (χ0) is 17.3. The molecule has 4 rings (SSSR count). The average Bonchev–Trinajstić information content (AvgIpc) is 3.39. The van der Waals surface area contributed by atoms with Crippen LogP contribution < -0.4 is 0 Å². The van der Waals surface area contributed by atoms with E-state index in [0.29, 0.717) is 17.1 Å². The molecule has 1 unspecified atom stereocenters. The third kappa shape index (κ3) is 3.81. The molecule has 0 aromatic rings. The van der Waals surface area contributed by atoms with E-state index in [1.165, 1.54) is 19.2 Å². The van der Waals surface area contributed by atoms with Gasteiger partial charge in [-0.15, -0.1) is 9.24 Å². The summed E-state index contributed by atoms with van der Waals surface area (Å²) in [4.78, 5) is 32.8. The molecule has 132 valence electrons. The molecule has 7 heteroatoms. The SMILES string of the molecule is CCN(CC)CP.O=C1C=C(N2CC2)C(=O)C(N2CC2)=C1N1CC1. The van der Waals surface area contributed by atoms with Gasteiger partial charge in [0, 0.05) is 51.6 Å². The van der Waals surface area contributed by atoms with E-state index in [2.05, 4.69) is 28.0 Å². The van der Waals surface area contributed by atoms with Crippen LogP contribution in [0.2, 0.25) is 0 Å². The van der Waals surface area contributed by atoms with Crippen LogP contribution in [0.4, 0.5) is 0 Å². The number of ketones is 2. The number of nitrogens with zero attached hydrogens (tertiary/aromatic N) is 4. The van der Waals surface area contributed by atoms with E-state index in [-0.39, 0.29) is 11.6 Å². The van der Waals surface area contributed by atoms with Crippen LogP contribution in [-0.2, 0) is 9.59 Å². The lowest BCUT2D eigenvalue weighted by Crippen LogP contribution is -2.29. The van der Waals surface area contributed by atoms with E-state index in [1.807, 2.05) is 14.7 Å². The Morgan fingerprint density at radius 3 is 1.79 bits per heavy atom. The fraction of sp³-hybridized carbons (Fsp3) is 0.647. The quantitative estimate of drug-likeness (QED) is 0.391. The van der Waals surface area contributed by atoms with Gasteiger partial charge in [-0.05, 0) is 13.1 Å². The molecule has 1 atom stereocenters. The number of Topliss-reactive ketones (excluding diaryl/α,β-unsaturated/α-hetero) is 1. The van der Waals surface area contributed by atoms with Gasteiger partial charge in [-0.1, -0.05) is 13.8 Å². The van der Waals surface area contributed by atoms with Gasteiger partial charge in [0.15, 0.2) is 0 Å². The lowest BCUT2D eigenvalue weighted by molar-refractivity contribution is -0.117. The average molecular weight is 350 g/mol. The van der Waals surface area contributed by atoms with E-state index in [9.17, 15) is 9.59 Å². The number of hydrogen-bond acceptors (Lipinski definition) is 6. The van der Waals surface area contributed by atoms with Crippen molar-refractivity contribution in [3.63, 3.8) is 0 Å². The van der Waals surface area contributed by atoms with Crippen molar-refractivity contribution < 1.29 is 9.59 Å². The number of hydrogen-bond donors (Lipinski definition) is 0. The van der Waals surface area contributed by atoms with Gasteiger partial charge >= 0.3 is 0 Å². The molecule has 0 bridgehead atoms. The smallest absolute Gasteiger partial charge is 0.227 e. The van der Waals surface area contributed by atoms with Gasteiger partial charge < -0.3 is 19.6 Å². The summed E-state index contributed by atoms with van der Waals surface area (Å²) in [6.45, 7) is 12.1. The molecule has 24 heavy (non-hydrogen) atoms. The van der Waals surface area contributed by atoms with Crippen LogP contribution in [0.5, 0.6) is 0 Å².